The SMILES string of the molecule is CCCNCc1cnn(-c2ccccc2C)c1C(C)C. The largest absolute Gasteiger partial charge is 0.313 e. The van der Waals surface area contributed by atoms with Crippen LogP contribution >= 0.6 is 0 Å². The van der Waals surface area contributed by atoms with Crippen molar-refractivity contribution in [3.63, 3.8) is 0 Å². The van der Waals surface area contributed by atoms with Gasteiger partial charge in [0.1, 0.15) is 0 Å². The average Bonchev–Trinajstić information content (AvgIpc) is 2.83. The van der Waals surface area contributed by atoms with Gasteiger partial charge < -0.3 is 5.32 Å². The molecule has 1 aromatic heterocycles. The summed E-state index contributed by atoms with van der Waals surface area (Å²) in [4.78, 5) is 0. The van der Waals surface area contributed by atoms with Gasteiger partial charge in [-0.3, -0.25) is 0 Å². The quantitative estimate of drug-likeness (QED) is 0.810. The van der Waals surface area contributed by atoms with Crippen LogP contribution in [0, 0.1) is 6.92 Å². The smallest absolute Gasteiger partial charge is 0.0678 e. The molecule has 1 heterocycles. The van der Waals surface area contributed by atoms with E-state index in [1.807, 2.05) is 6.20 Å². The third-order valence-corrected chi connectivity index (χ3v) is 3.52. The first-order valence-corrected chi connectivity index (χ1v) is 7.48. The van der Waals surface area contributed by atoms with Crippen molar-refractivity contribution < 1.29 is 0 Å². The van der Waals surface area contributed by atoms with Crippen LogP contribution in [0.5, 0.6) is 0 Å². The minimum absolute atomic E-state index is 0.454. The predicted octanol–water partition coefficient (Wildman–Crippen LogP) is 3.80. The summed E-state index contributed by atoms with van der Waals surface area (Å²) in [5.41, 5.74) is 5.04. The number of para-hydroxylation sites is 1. The van der Waals surface area contributed by atoms with Crippen LogP contribution in [0.25, 0.3) is 5.69 Å². The number of hydrogen-bond donors (Lipinski definition) is 1. The highest BCUT2D eigenvalue weighted by molar-refractivity contribution is 5.42. The lowest BCUT2D eigenvalue weighted by Crippen LogP contribution is -2.15. The third-order valence-electron chi connectivity index (χ3n) is 3.52. The Morgan fingerprint density at radius 1 is 1.25 bits per heavy atom. The number of benzene rings is 1. The molecule has 1 aromatic carbocycles. The van der Waals surface area contributed by atoms with Gasteiger partial charge in [0.05, 0.1) is 17.6 Å². The van der Waals surface area contributed by atoms with Gasteiger partial charge in [-0.2, -0.15) is 5.10 Å². The van der Waals surface area contributed by atoms with Crippen molar-refractivity contribution in [1.29, 1.82) is 0 Å². The molecule has 1 N–H and O–H groups in total. The van der Waals surface area contributed by atoms with E-state index in [-0.39, 0.29) is 0 Å². The molecule has 0 atom stereocenters. The van der Waals surface area contributed by atoms with Gasteiger partial charge in [-0.25, -0.2) is 4.68 Å². The van der Waals surface area contributed by atoms with Crippen LogP contribution in [-0.4, -0.2) is 16.3 Å². The summed E-state index contributed by atoms with van der Waals surface area (Å²) in [7, 11) is 0. The molecular formula is C17H25N3. The van der Waals surface area contributed by atoms with Crippen LogP contribution < -0.4 is 5.32 Å². The van der Waals surface area contributed by atoms with E-state index >= 15 is 0 Å². The second kappa shape index (κ2) is 6.71. The summed E-state index contributed by atoms with van der Waals surface area (Å²) in [5.74, 6) is 0.454. The maximum atomic E-state index is 4.62. The van der Waals surface area contributed by atoms with Crippen LogP contribution in [0.4, 0.5) is 0 Å². The van der Waals surface area contributed by atoms with E-state index in [9.17, 15) is 0 Å². The van der Waals surface area contributed by atoms with Crippen LogP contribution in [0.15, 0.2) is 30.5 Å². The van der Waals surface area contributed by atoms with Gasteiger partial charge in [-0.05, 0) is 37.4 Å². The molecule has 2 aromatic rings. The molecule has 0 spiro atoms. The summed E-state index contributed by atoms with van der Waals surface area (Å²) in [6, 6.07) is 8.41. The van der Waals surface area contributed by atoms with E-state index in [1.165, 1.54) is 22.5 Å². The summed E-state index contributed by atoms with van der Waals surface area (Å²) >= 11 is 0. The summed E-state index contributed by atoms with van der Waals surface area (Å²) in [6.45, 7) is 10.7. The van der Waals surface area contributed by atoms with Crippen LogP contribution in [0.1, 0.15) is 49.9 Å². The number of aryl methyl sites for hydroxylation is 1. The Labute approximate surface area is 122 Å². The number of hydrogen-bond acceptors (Lipinski definition) is 2. The molecule has 0 saturated heterocycles. The monoisotopic (exact) mass is 271 g/mol. The molecule has 0 aliphatic rings. The second-order valence-electron chi connectivity index (χ2n) is 5.58. The summed E-state index contributed by atoms with van der Waals surface area (Å²) in [6.07, 6.45) is 3.16. The maximum Gasteiger partial charge on any atom is 0.0678 e. The molecule has 0 radical (unpaired) electrons. The third kappa shape index (κ3) is 3.10. The molecule has 0 aliphatic carbocycles. The Morgan fingerprint density at radius 3 is 2.65 bits per heavy atom. The molecular weight excluding hydrogens is 246 g/mol. The number of nitrogens with one attached hydrogen (secondary N) is 1. The lowest BCUT2D eigenvalue weighted by atomic mass is 10.0. The van der Waals surface area contributed by atoms with E-state index in [0.717, 1.165) is 19.5 Å². The molecule has 3 heteroatoms. The van der Waals surface area contributed by atoms with E-state index in [2.05, 4.69) is 67.1 Å². The molecule has 0 bridgehead atoms. The van der Waals surface area contributed by atoms with Crippen molar-refractivity contribution >= 4 is 0 Å². The molecule has 2 rings (SSSR count). The summed E-state index contributed by atoms with van der Waals surface area (Å²) < 4.78 is 2.10. The molecule has 0 aliphatic heterocycles. The highest BCUT2D eigenvalue weighted by Crippen LogP contribution is 2.24. The van der Waals surface area contributed by atoms with Gasteiger partial charge in [0.15, 0.2) is 0 Å². The predicted molar refractivity (Wildman–Crippen MR) is 84.4 cm³/mol. The fourth-order valence-electron chi connectivity index (χ4n) is 2.54. The van der Waals surface area contributed by atoms with Gasteiger partial charge in [0, 0.05) is 12.1 Å². The fourth-order valence-corrected chi connectivity index (χ4v) is 2.54. The highest BCUT2D eigenvalue weighted by Gasteiger charge is 2.16. The topological polar surface area (TPSA) is 29.9 Å². The number of aromatic nitrogens is 2. The Morgan fingerprint density at radius 2 is 2.00 bits per heavy atom. The van der Waals surface area contributed by atoms with Crippen molar-refractivity contribution in [3.8, 4) is 5.69 Å². The lowest BCUT2D eigenvalue weighted by Gasteiger charge is -2.14. The van der Waals surface area contributed by atoms with E-state index in [1.54, 1.807) is 0 Å². The second-order valence-corrected chi connectivity index (χ2v) is 5.58. The van der Waals surface area contributed by atoms with Crippen LogP contribution in [0.3, 0.4) is 0 Å². The maximum absolute atomic E-state index is 4.62. The van der Waals surface area contributed by atoms with Crippen LogP contribution in [-0.2, 0) is 6.54 Å². The number of nitrogens with zero attached hydrogens (tertiary/aromatic N) is 2. The first-order valence-electron chi connectivity index (χ1n) is 7.48. The fraction of sp³-hybridized carbons (Fsp3) is 0.471. The van der Waals surface area contributed by atoms with Crippen molar-refractivity contribution in [3.05, 3.63) is 47.3 Å². The molecule has 3 nitrogen and oxygen atoms in total. The lowest BCUT2D eigenvalue weighted by molar-refractivity contribution is 0.658. The zero-order valence-electron chi connectivity index (χ0n) is 13.0. The van der Waals surface area contributed by atoms with Crippen molar-refractivity contribution in [1.82, 2.24) is 15.1 Å². The van der Waals surface area contributed by atoms with Gasteiger partial charge in [-0.1, -0.05) is 39.0 Å². The standard InChI is InChI=1S/C17H25N3/c1-5-10-18-11-15-12-19-20(17(15)13(2)3)16-9-7-6-8-14(16)4/h6-9,12-13,18H,5,10-11H2,1-4H3. The molecule has 20 heavy (non-hydrogen) atoms. The molecule has 0 amide bonds. The zero-order valence-corrected chi connectivity index (χ0v) is 13.0. The molecule has 0 saturated carbocycles. The van der Waals surface area contributed by atoms with Crippen molar-refractivity contribution in [2.24, 2.45) is 0 Å². The highest BCUT2D eigenvalue weighted by atomic mass is 15.3. The van der Waals surface area contributed by atoms with Gasteiger partial charge >= 0.3 is 0 Å². The van der Waals surface area contributed by atoms with Gasteiger partial charge in [0.25, 0.3) is 0 Å². The Balaban J connectivity index is 2.37. The summed E-state index contributed by atoms with van der Waals surface area (Å²) in [5, 5.41) is 8.10. The zero-order chi connectivity index (χ0) is 14.5. The van der Waals surface area contributed by atoms with Crippen molar-refractivity contribution in [2.45, 2.75) is 46.6 Å². The molecule has 0 fully saturated rings. The van der Waals surface area contributed by atoms with Crippen molar-refractivity contribution in [2.75, 3.05) is 6.54 Å². The van der Waals surface area contributed by atoms with Crippen LogP contribution in [0.2, 0.25) is 0 Å². The van der Waals surface area contributed by atoms with E-state index in [4.69, 9.17) is 0 Å². The Bertz CT molecular complexity index is 555. The van der Waals surface area contributed by atoms with Gasteiger partial charge in [-0.15, -0.1) is 0 Å². The first-order chi connectivity index (χ1) is 9.65. The normalized spacial score (nSPS) is 11.2. The minimum Gasteiger partial charge on any atom is -0.313 e. The van der Waals surface area contributed by atoms with E-state index in [0.29, 0.717) is 5.92 Å². The first kappa shape index (κ1) is 14.8. The number of rotatable bonds is 6. The molecule has 108 valence electrons. The Kier molecular flexibility index (Phi) is 4.96. The Hall–Kier alpha value is -1.61. The minimum atomic E-state index is 0.454. The average molecular weight is 271 g/mol. The van der Waals surface area contributed by atoms with Gasteiger partial charge in [0.2, 0.25) is 0 Å². The molecule has 0 unspecified atom stereocenters. The van der Waals surface area contributed by atoms with E-state index < -0.39 is 0 Å².